The van der Waals surface area contributed by atoms with Crippen LogP contribution in [0.4, 0.5) is 0 Å². The molecule has 3 aromatic rings. The lowest BCUT2D eigenvalue weighted by Crippen LogP contribution is -2.26. The number of carbonyl (C=O) groups is 1. The number of para-hydroxylation sites is 1. The van der Waals surface area contributed by atoms with E-state index in [-0.39, 0.29) is 5.91 Å². The normalized spacial score (nSPS) is 10.6. The van der Waals surface area contributed by atoms with Crippen LogP contribution in [-0.2, 0) is 6.54 Å². The van der Waals surface area contributed by atoms with E-state index in [1.165, 1.54) is 0 Å². The van der Waals surface area contributed by atoms with E-state index >= 15 is 0 Å². The number of nitrogens with zero attached hydrogens (tertiary/aromatic N) is 2. The predicted molar refractivity (Wildman–Crippen MR) is 89.0 cm³/mol. The summed E-state index contributed by atoms with van der Waals surface area (Å²) in [5, 5.41) is 1.66. The number of hydrogen-bond donors (Lipinski definition) is 0. The van der Waals surface area contributed by atoms with Crippen molar-refractivity contribution in [2.75, 3.05) is 7.05 Å². The molecule has 0 N–H and O–H groups in total. The highest BCUT2D eigenvalue weighted by atomic mass is 35.5. The van der Waals surface area contributed by atoms with Gasteiger partial charge in [-0.1, -0.05) is 41.9 Å². The molecule has 0 saturated heterocycles. The fraction of sp³-hybridized carbons (Fsp3) is 0.111. The number of benzene rings is 2. The smallest absolute Gasteiger partial charge is 0.256 e. The van der Waals surface area contributed by atoms with E-state index in [1.807, 2.05) is 54.6 Å². The molecule has 4 heteroatoms. The maximum Gasteiger partial charge on any atom is 0.256 e. The van der Waals surface area contributed by atoms with Gasteiger partial charge in [-0.2, -0.15) is 0 Å². The quantitative estimate of drug-likeness (QED) is 0.727. The highest BCUT2D eigenvalue weighted by Gasteiger charge is 2.15. The second-order valence-corrected chi connectivity index (χ2v) is 5.60. The highest BCUT2D eigenvalue weighted by molar-refractivity contribution is 6.30. The zero-order chi connectivity index (χ0) is 15.5. The standard InChI is InChI=1S/C18H15ClN2O/c1-21(12-13-7-9-15(19)10-8-13)18(22)16-6-2-4-14-5-3-11-20-17(14)16/h2-11H,12H2,1H3. The summed E-state index contributed by atoms with van der Waals surface area (Å²) < 4.78 is 0. The van der Waals surface area contributed by atoms with Gasteiger partial charge < -0.3 is 4.90 Å². The SMILES string of the molecule is CN(Cc1ccc(Cl)cc1)C(=O)c1cccc2cccnc12. The lowest BCUT2D eigenvalue weighted by atomic mass is 10.1. The van der Waals surface area contributed by atoms with Crippen molar-refractivity contribution in [2.45, 2.75) is 6.54 Å². The third kappa shape index (κ3) is 2.95. The Morgan fingerprint density at radius 3 is 2.59 bits per heavy atom. The van der Waals surface area contributed by atoms with Crippen LogP contribution >= 0.6 is 11.6 Å². The van der Waals surface area contributed by atoms with Crippen molar-refractivity contribution < 1.29 is 4.79 Å². The number of hydrogen-bond acceptors (Lipinski definition) is 2. The molecule has 0 unspecified atom stereocenters. The Kier molecular flexibility index (Phi) is 4.07. The van der Waals surface area contributed by atoms with Crippen LogP contribution in [0.1, 0.15) is 15.9 Å². The van der Waals surface area contributed by atoms with E-state index in [0.29, 0.717) is 17.1 Å². The zero-order valence-electron chi connectivity index (χ0n) is 12.2. The van der Waals surface area contributed by atoms with Crippen molar-refractivity contribution >= 4 is 28.4 Å². The minimum atomic E-state index is -0.0424. The molecule has 3 nitrogen and oxygen atoms in total. The second kappa shape index (κ2) is 6.16. The molecule has 0 spiro atoms. The van der Waals surface area contributed by atoms with Gasteiger partial charge in [0, 0.05) is 30.2 Å². The molecule has 0 atom stereocenters. The molecular formula is C18H15ClN2O. The number of aromatic nitrogens is 1. The lowest BCUT2D eigenvalue weighted by molar-refractivity contribution is 0.0787. The summed E-state index contributed by atoms with van der Waals surface area (Å²) in [6, 6.07) is 17.0. The van der Waals surface area contributed by atoms with E-state index in [1.54, 1.807) is 18.1 Å². The Bertz CT molecular complexity index is 809. The summed E-state index contributed by atoms with van der Waals surface area (Å²) in [7, 11) is 1.79. The fourth-order valence-electron chi connectivity index (χ4n) is 2.42. The van der Waals surface area contributed by atoms with Crippen LogP contribution < -0.4 is 0 Å². The van der Waals surface area contributed by atoms with Gasteiger partial charge in [0.1, 0.15) is 0 Å². The van der Waals surface area contributed by atoms with E-state index in [9.17, 15) is 4.79 Å². The van der Waals surface area contributed by atoms with E-state index in [4.69, 9.17) is 11.6 Å². The van der Waals surface area contributed by atoms with Gasteiger partial charge in [0.05, 0.1) is 11.1 Å². The Hall–Kier alpha value is -2.39. The Labute approximate surface area is 134 Å². The summed E-state index contributed by atoms with van der Waals surface area (Å²) >= 11 is 5.88. The molecule has 0 aliphatic carbocycles. The first-order valence-corrected chi connectivity index (χ1v) is 7.36. The summed E-state index contributed by atoms with van der Waals surface area (Å²) in [5.74, 6) is -0.0424. The van der Waals surface area contributed by atoms with Crippen molar-refractivity contribution in [3.63, 3.8) is 0 Å². The number of pyridine rings is 1. The molecule has 3 rings (SSSR count). The van der Waals surface area contributed by atoms with Crippen LogP contribution in [0.15, 0.2) is 60.8 Å². The summed E-state index contributed by atoms with van der Waals surface area (Å²) in [5.41, 5.74) is 2.39. The van der Waals surface area contributed by atoms with Gasteiger partial charge in [0.2, 0.25) is 0 Å². The van der Waals surface area contributed by atoms with E-state index in [2.05, 4.69) is 4.98 Å². The summed E-state index contributed by atoms with van der Waals surface area (Å²) in [6.45, 7) is 0.527. The molecule has 0 aliphatic heterocycles. The Morgan fingerprint density at radius 1 is 1.09 bits per heavy atom. The fourth-order valence-corrected chi connectivity index (χ4v) is 2.54. The number of carbonyl (C=O) groups excluding carboxylic acids is 1. The second-order valence-electron chi connectivity index (χ2n) is 5.17. The molecule has 22 heavy (non-hydrogen) atoms. The highest BCUT2D eigenvalue weighted by Crippen LogP contribution is 2.18. The molecule has 110 valence electrons. The first-order valence-electron chi connectivity index (χ1n) is 6.99. The number of rotatable bonds is 3. The molecule has 0 radical (unpaired) electrons. The first kappa shape index (κ1) is 14.5. The molecule has 0 bridgehead atoms. The number of amides is 1. The van der Waals surface area contributed by atoms with Crippen molar-refractivity contribution in [1.29, 1.82) is 0 Å². The van der Waals surface area contributed by atoms with Gasteiger partial charge in [-0.3, -0.25) is 9.78 Å². The minimum absolute atomic E-state index is 0.0424. The lowest BCUT2D eigenvalue weighted by Gasteiger charge is -2.18. The average Bonchev–Trinajstić information content (AvgIpc) is 2.55. The van der Waals surface area contributed by atoms with Gasteiger partial charge in [0.15, 0.2) is 0 Å². The van der Waals surface area contributed by atoms with Crippen molar-refractivity contribution in [3.8, 4) is 0 Å². The molecule has 0 saturated carbocycles. The van der Waals surface area contributed by atoms with Gasteiger partial charge in [-0.15, -0.1) is 0 Å². The average molecular weight is 311 g/mol. The van der Waals surface area contributed by atoms with Crippen molar-refractivity contribution in [3.05, 3.63) is 76.9 Å². The largest absolute Gasteiger partial charge is 0.337 e. The molecule has 2 aromatic carbocycles. The van der Waals surface area contributed by atoms with Crippen LogP contribution in [-0.4, -0.2) is 22.8 Å². The molecular weight excluding hydrogens is 296 g/mol. The Balaban J connectivity index is 1.87. The molecule has 1 heterocycles. The molecule has 0 fully saturated rings. The monoisotopic (exact) mass is 310 g/mol. The zero-order valence-corrected chi connectivity index (χ0v) is 12.9. The van der Waals surface area contributed by atoms with Gasteiger partial charge in [-0.25, -0.2) is 0 Å². The minimum Gasteiger partial charge on any atom is -0.337 e. The van der Waals surface area contributed by atoms with Gasteiger partial charge in [0.25, 0.3) is 5.91 Å². The molecule has 0 aliphatic rings. The van der Waals surface area contributed by atoms with Crippen LogP contribution in [0.5, 0.6) is 0 Å². The van der Waals surface area contributed by atoms with E-state index < -0.39 is 0 Å². The summed E-state index contributed by atoms with van der Waals surface area (Å²) in [4.78, 5) is 18.7. The molecule has 1 aromatic heterocycles. The summed E-state index contributed by atoms with van der Waals surface area (Å²) in [6.07, 6.45) is 1.71. The maximum absolute atomic E-state index is 12.7. The van der Waals surface area contributed by atoms with Crippen molar-refractivity contribution in [2.24, 2.45) is 0 Å². The van der Waals surface area contributed by atoms with Crippen LogP contribution in [0, 0.1) is 0 Å². The maximum atomic E-state index is 12.7. The Morgan fingerprint density at radius 2 is 1.82 bits per heavy atom. The molecule has 1 amide bonds. The number of halogens is 1. The number of fused-ring (bicyclic) bond motifs is 1. The first-order chi connectivity index (χ1) is 10.6. The van der Waals surface area contributed by atoms with Crippen LogP contribution in [0.3, 0.4) is 0 Å². The topological polar surface area (TPSA) is 33.2 Å². The van der Waals surface area contributed by atoms with Gasteiger partial charge in [-0.05, 0) is 29.8 Å². The van der Waals surface area contributed by atoms with Gasteiger partial charge >= 0.3 is 0 Å². The van der Waals surface area contributed by atoms with Crippen molar-refractivity contribution in [1.82, 2.24) is 9.88 Å². The van der Waals surface area contributed by atoms with Crippen LogP contribution in [0.2, 0.25) is 5.02 Å². The predicted octanol–water partition coefficient (Wildman–Crippen LogP) is 4.16. The third-order valence-electron chi connectivity index (χ3n) is 3.54. The van der Waals surface area contributed by atoms with E-state index in [0.717, 1.165) is 16.5 Å². The third-order valence-corrected chi connectivity index (χ3v) is 3.79. The van der Waals surface area contributed by atoms with Crippen LogP contribution in [0.25, 0.3) is 10.9 Å².